The highest BCUT2D eigenvalue weighted by Gasteiger charge is 2.28. The molecule has 3 heteroatoms. The zero-order valence-corrected chi connectivity index (χ0v) is 11.9. The number of rotatable bonds is 2. The molecule has 3 nitrogen and oxygen atoms in total. The van der Waals surface area contributed by atoms with Crippen LogP contribution in [0.2, 0.25) is 0 Å². The highest BCUT2D eigenvalue weighted by Crippen LogP contribution is 2.26. The van der Waals surface area contributed by atoms with Crippen LogP contribution < -0.4 is 0 Å². The van der Waals surface area contributed by atoms with Crippen molar-refractivity contribution >= 4 is 11.8 Å². The maximum atomic E-state index is 11.9. The van der Waals surface area contributed by atoms with Gasteiger partial charge in [0.15, 0.2) is 5.78 Å². The lowest BCUT2D eigenvalue weighted by Crippen LogP contribution is -2.25. The van der Waals surface area contributed by atoms with Gasteiger partial charge in [0.25, 0.3) is 0 Å². The Bertz CT molecular complexity index is 406. The van der Waals surface area contributed by atoms with Gasteiger partial charge in [0.1, 0.15) is 5.76 Å². The number of hydrogen-bond acceptors (Lipinski definition) is 3. The first-order chi connectivity index (χ1) is 8.21. The minimum Gasteiger partial charge on any atom is -0.426 e. The molecule has 0 amide bonds. The Labute approximate surface area is 109 Å². The third-order valence-electron chi connectivity index (χ3n) is 2.58. The number of carbonyl (C=O) groups excluding carboxylic acids is 2. The molecule has 1 aliphatic rings. The number of carbonyl (C=O) groups is 2. The van der Waals surface area contributed by atoms with Gasteiger partial charge in [-0.05, 0) is 39.2 Å². The van der Waals surface area contributed by atoms with Crippen molar-refractivity contribution in [3.05, 3.63) is 23.5 Å². The molecule has 0 bridgehead atoms. The minimum absolute atomic E-state index is 0.0582. The number of esters is 1. The van der Waals surface area contributed by atoms with Crippen molar-refractivity contribution < 1.29 is 14.3 Å². The van der Waals surface area contributed by atoms with Crippen LogP contribution in [-0.2, 0) is 14.3 Å². The maximum Gasteiger partial charge on any atom is 0.316 e. The summed E-state index contributed by atoms with van der Waals surface area (Å²) in [6.07, 6.45) is 4.83. The number of hydrogen-bond donors (Lipinski definition) is 0. The first-order valence-corrected chi connectivity index (χ1v) is 6.39. The predicted octanol–water partition coefficient (Wildman–Crippen LogP) is 3.40. The van der Waals surface area contributed by atoms with Gasteiger partial charge in [0.2, 0.25) is 0 Å². The van der Waals surface area contributed by atoms with Gasteiger partial charge in [0.05, 0.1) is 11.0 Å². The number of allylic oxidation sites excluding steroid dienone is 3. The average molecular weight is 250 g/mol. The molecule has 0 saturated heterocycles. The highest BCUT2D eigenvalue weighted by atomic mass is 16.5. The van der Waals surface area contributed by atoms with E-state index in [2.05, 4.69) is 0 Å². The largest absolute Gasteiger partial charge is 0.426 e. The second kappa shape index (κ2) is 5.51. The van der Waals surface area contributed by atoms with Crippen molar-refractivity contribution in [2.24, 2.45) is 11.3 Å². The molecular formula is C15H22O3. The van der Waals surface area contributed by atoms with E-state index < -0.39 is 5.41 Å². The van der Waals surface area contributed by atoms with E-state index in [-0.39, 0.29) is 17.7 Å². The van der Waals surface area contributed by atoms with Crippen LogP contribution >= 0.6 is 0 Å². The zero-order valence-electron chi connectivity index (χ0n) is 11.9. The van der Waals surface area contributed by atoms with Crippen molar-refractivity contribution in [1.82, 2.24) is 0 Å². The standard InChI is InChI=1S/C15H22O3/c1-10(2)9-11-12(16)7-6-8-13(11)18-14(17)15(3,4)5/h8-10H,6-7H2,1-5H3/b11-9-. The Kier molecular flexibility index (Phi) is 4.49. The lowest BCUT2D eigenvalue weighted by molar-refractivity contribution is -0.148. The molecule has 0 spiro atoms. The second-order valence-corrected chi connectivity index (χ2v) is 5.99. The van der Waals surface area contributed by atoms with E-state index in [1.54, 1.807) is 20.8 Å². The molecule has 0 saturated carbocycles. The topological polar surface area (TPSA) is 43.4 Å². The monoisotopic (exact) mass is 250 g/mol. The van der Waals surface area contributed by atoms with Crippen LogP contribution in [0.5, 0.6) is 0 Å². The van der Waals surface area contributed by atoms with Gasteiger partial charge in [-0.15, -0.1) is 0 Å². The van der Waals surface area contributed by atoms with Crippen LogP contribution in [-0.4, -0.2) is 11.8 Å². The molecule has 0 aromatic heterocycles. The summed E-state index contributed by atoms with van der Waals surface area (Å²) < 4.78 is 5.37. The Morgan fingerprint density at radius 1 is 1.39 bits per heavy atom. The zero-order chi connectivity index (χ0) is 13.9. The fraction of sp³-hybridized carbons (Fsp3) is 0.600. The Hall–Kier alpha value is -1.38. The molecule has 0 atom stereocenters. The summed E-state index contributed by atoms with van der Waals surface area (Å²) in [5.74, 6) is 0.430. The van der Waals surface area contributed by atoms with E-state index in [1.807, 2.05) is 26.0 Å². The summed E-state index contributed by atoms with van der Waals surface area (Å²) in [4.78, 5) is 23.7. The van der Waals surface area contributed by atoms with E-state index in [0.717, 1.165) is 0 Å². The molecule has 0 N–H and O–H groups in total. The summed E-state index contributed by atoms with van der Waals surface area (Å²) in [6.45, 7) is 9.39. The van der Waals surface area contributed by atoms with Crippen LogP contribution in [0.4, 0.5) is 0 Å². The third kappa shape index (κ3) is 3.83. The molecule has 0 aliphatic heterocycles. The lowest BCUT2D eigenvalue weighted by atomic mass is 9.94. The molecule has 0 aromatic carbocycles. The van der Waals surface area contributed by atoms with Crippen LogP contribution in [0.3, 0.4) is 0 Å². The first kappa shape index (κ1) is 14.7. The van der Waals surface area contributed by atoms with Gasteiger partial charge in [-0.25, -0.2) is 0 Å². The first-order valence-electron chi connectivity index (χ1n) is 6.39. The van der Waals surface area contributed by atoms with Gasteiger partial charge in [0, 0.05) is 6.42 Å². The number of Topliss-reactive ketones (excluding diaryl/α,β-unsaturated/α-hetero) is 1. The number of ketones is 1. The van der Waals surface area contributed by atoms with Crippen molar-refractivity contribution in [2.45, 2.75) is 47.5 Å². The quantitative estimate of drug-likeness (QED) is 0.557. The SMILES string of the molecule is CC(C)/C=C1/C(=O)CCC=C1OC(=O)C(C)(C)C. The van der Waals surface area contributed by atoms with E-state index in [4.69, 9.17) is 4.74 Å². The fourth-order valence-electron chi connectivity index (χ4n) is 1.57. The van der Waals surface area contributed by atoms with Crippen LogP contribution in [0.15, 0.2) is 23.5 Å². The summed E-state index contributed by atoms with van der Waals surface area (Å²) in [6, 6.07) is 0. The van der Waals surface area contributed by atoms with Crippen LogP contribution in [0.25, 0.3) is 0 Å². The Morgan fingerprint density at radius 3 is 2.50 bits per heavy atom. The summed E-state index contributed by atoms with van der Waals surface area (Å²) in [7, 11) is 0. The van der Waals surface area contributed by atoms with Crippen LogP contribution in [0, 0.1) is 11.3 Å². The molecule has 0 fully saturated rings. The molecule has 1 aliphatic carbocycles. The normalized spacial score (nSPS) is 19.1. The summed E-state index contributed by atoms with van der Waals surface area (Å²) in [5, 5.41) is 0. The van der Waals surface area contributed by atoms with E-state index in [9.17, 15) is 9.59 Å². The van der Waals surface area contributed by atoms with Crippen molar-refractivity contribution in [1.29, 1.82) is 0 Å². The molecule has 0 radical (unpaired) electrons. The second-order valence-electron chi connectivity index (χ2n) is 5.99. The van der Waals surface area contributed by atoms with Gasteiger partial charge >= 0.3 is 5.97 Å². The number of ether oxygens (including phenoxy) is 1. The van der Waals surface area contributed by atoms with Crippen molar-refractivity contribution in [2.75, 3.05) is 0 Å². The fourth-order valence-corrected chi connectivity index (χ4v) is 1.57. The van der Waals surface area contributed by atoms with E-state index in [1.165, 1.54) is 0 Å². The Morgan fingerprint density at radius 2 is 2.00 bits per heavy atom. The minimum atomic E-state index is -0.565. The molecular weight excluding hydrogens is 228 g/mol. The van der Waals surface area contributed by atoms with E-state index in [0.29, 0.717) is 24.2 Å². The average Bonchev–Trinajstić information content (AvgIpc) is 2.21. The molecule has 0 unspecified atom stereocenters. The van der Waals surface area contributed by atoms with Crippen molar-refractivity contribution in [3.63, 3.8) is 0 Å². The molecule has 18 heavy (non-hydrogen) atoms. The van der Waals surface area contributed by atoms with Gasteiger partial charge in [-0.1, -0.05) is 19.9 Å². The van der Waals surface area contributed by atoms with Gasteiger partial charge < -0.3 is 4.74 Å². The van der Waals surface area contributed by atoms with Crippen molar-refractivity contribution in [3.8, 4) is 0 Å². The summed E-state index contributed by atoms with van der Waals surface area (Å²) in [5.41, 5.74) is -0.0153. The smallest absolute Gasteiger partial charge is 0.316 e. The molecule has 1 rings (SSSR count). The Balaban J connectivity index is 2.95. The molecule has 100 valence electrons. The summed E-state index contributed by atoms with van der Waals surface area (Å²) >= 11 is 0. The highest BCUT2D eigenvalue weighted by molar-refractivity contribution is 6.00. The maximum absolute atomic E-state index is 11.9. The molecule has 0 heterocycles. The van der Waals surface area contributed by atoms with E-state index >= 15 is 0 Å². The van der Waals surface area contributed by atoms with Crippen LogP contribution in [0.1, 0.15) is 47.5 Å². The van der Waals surface area contributed by atoms with Gasteiger partial charge in [-0.3, -0.25) is 9.59 Å². The molecule has 0 aromatic rings. The lowest BCUT2D eigenvalue weighted by Gasteiger charge is -2.21. The van der Waals surface area contributed by atoms with Gasteiger partial charge in [-0.2, -0.15) is 0 Å². The predicted molar refractivity (Wildman–Crippen MR) is 70.8 cm³/mol. The third-order valence-corrected chi connectivity index (χ3v) is 2.58.